The first-order chi connectivity index (χ1) is 9.63. The Hall–Kier alpha value is -0.670. The van der Waals surface area contributed by atoms with Crippen molar-refractivity contribution in [1.29, 1.82) is 0 Å². The van der Waals surface area contributed by atoms with Crippen molar-refractivity contribution < 1.29 is 24.2 Å². The number of nitrogens with zero attached hydrogens (tertiary/aromatic N) is 1. The van der Waals surface area contributed by atoms with Crippen molar-refractivity contribution in [3.05, 3.63) is 11.3 Å². The molecule has 2 heterocycles. The lowest BCUT2D eigenvalue weighted by atomic mass is 10.0. The zero-order valence-electron chi connectivity index (χ0n) is 10.2. The Kier molecular flexibility index (Phi) is 4.65. The number of nitrogens with two attached hydrogens (primary N) is 1. The molecule has 21 heavy (non-hydrogen) atoms. The number of esters is 1. The van der Waals surface area contributed by atoms with E-state index in [-0.39, 0.29) is 17.0 Å². The Morgan fingerprint density at radius 2 is 2.10 bits per heavy atom. The Balaban J connectivity index is 2.28. The molecule has 0 saturated carbocycles. The van der Waals surface area contributed by atoms with Gasteiger partial charge in [0.2, 0.25) is 9.70 Å². The first-order valence-electron chi connectivity index (χ1n) is 5.54. The van der Waals surface area contributed by atoms with Gasteiger partial charge in [0.25, 0.3) is 0 Å². The summed E-state index contributed by atoms with van der Waals surface area (Å²) in [6.07, 6.45) is 0. The van der Waals surface area contributed by atoms with Crippen molar-refractivity contribution in [2.75, 3.05) is 12.4 Å². The van der Waals surface area contributed by atoms with Gasteiger partial charge in [-0.25, -0.2) is 9.59 Å². The number of carboxylic acid groups (broad SMARTS) is 1. The molecule has 116 valence electrons. The smallest absolute Gasteiger partial charge is 0.355 e. The molecule has 1 amide bonds. The van der Waals surface area contributed by atoms with Crippen molar-refractivity contribution in [2.24, 2.45) is 5.73 Å². The summed E-state index contributed by atoms with van der Waals surface area (Å²) in [7, 11) is 0. The number of rotatable bonds is 3. The van der Waals surface area contributed by atoms with Crippen LogP contribution in [0.1, 0.15) is 0 Å². The van der Waals surface area contributed by atoms with Crippen LogP contribution >= 0.6 is 46.6 Å². The van der Waals surface area contributed by atoms with Gasteiger partial charge in [-0.05, 0) is 0 Å². The van der Waals surface area contributed by atoms with Gasteiger partial charge in [0.05, 0.1) is 5.57 Å². The lowest BCUT2D eigenvalue weighted by molar-refractivity contribution is -0.151. The molecule has 2 aliphatic rings. The van der Waals surface area contributed by atoms with Gasteiger partial charge in [-0.1, -0.05) is 34.8 Å². The van der Waals surface area contributed by atoms with Crippen LogP contribution in [-0.4, -0.2) is 55.4 Å². The predicted molar refractivity (Wildman–Crippen MR) is 77.0 cm³/mol. The van der Waals surface area contributed by atoms with Crippen molar-refractivity contribution in [2.45, 2.75) is 15.2 Å². The highest BCUT2D eigenvalue weighted by molar-refractivity contribution is 8.00. The number of β-lactam (4-membered cyclic amide) rings is 1. The van der Waals surface area contributed by atoms with Crippen LogP contribution in [-0.2, 0) is 19.1 Å². The average molecular weight is 376 g/mol. The van der Waals surface area contributed by atoms with E-state index in [1.165, 1.54) is 0 Å². The van der Waals surface area contributed by atoms with E-state index in [0.717, 1.165) is 16.7 Å². The number of halogens is 3. The monoisotopic (exact) mass is 374 g/mol. The summed E-state index contributed by atoms with van der Waals surface area (Å²) in [6, 6.07) is -0.777. The number of amides is 1. The number of ether oxygens (including phenoxy) is 1. The van der Waals surface area contributed by atoms with Crippen LogP contribution in [0.15, 0.2) is 11.3 Å². The van der Waals surface area contributed by atoms with Crippen molar-refractivity contribution in [3.8, 4) is 0 Å². The quantitative estimate of drug-likeness (QED) is 0.419. The molecule has 0 bridgehead atoms. The highest BCUT2D eigenvalue weighted by atomic mass is 35.6. The van der Waals surface area contributed by atoms with Crippen molar-refractivity contribution >= 4 is 64.4 Å². The lowest BCUT2D eigenvalue weighted by Crippen LogP contribution is -2.68. The van der Waals surface area contributed by atoms with Crippen molar-refractivity contribution in [3.63, 3.8) is 0 Å². The first-order valence-corrected chi connectivity index (χ1v) is 7.72. The van der Waals surface area contributed by atoms with E-state index >= 15 is 0 Å². The Morgan fingerprint density at radius 3 is 2.62 bits per heavy atom. The molecule has 0 aromatic heterocycles. The molecular weight excluding hydrogens is 367 g/mol. The summed E-state index contributed by atoms with van der Waals surface area (Å²) < 4.78 is 2.93. The number of alkyl halides is 3. The number of carbonyl (C=O) groups is 3. The Labute approximate surface area is 138 Å². The second kappa shape index (κ2) is 5.85. The Bertz CT molecular complexity index is 547. The Morgan fingerprint density at radius 1 is 1.48 bits per heavy atom. The topological polar surface area (TPSA) is 110 Å². The van der Waals surface area contributed by atoms with E-state index in [1.54, 1.807) is 0 Å². The van der Waals surface area contributed by atoms with Crippen LogP contribution in [0.2, 0.25) is 0 Å². The molecule has 1 fully saturated rings. The van der Waals surface area contributed by atoms with E-state index in [1.807, 2.05) is 0 Å². The van der Waals surface area contributed by atoms with Crippen LogP contribution in [0.25, 0.3) is 0 Å². The standard InChI is InChI=1S/C10H9Cl3N2O5S/c11-10(12,13)2-20-9(19)5-3(8(17)18)1-21-7-4(14)6(16)15(5)7/h4,7H,1-2,14H2,(H,17,18)/t4?,7-/m0/s1. The molecule has 2 rings (SSSR count). The molecule has 0 aliphatic carbocycles. The summed E-state index contributed by atoms with van der Waals surface area (Å²) in [5.74, 6) is -2.89. The largest absolute Gasteiger partial charge is 0.478 e. The highest BCUT2D eigenvalue weighted by Crippen LogP contribution is 2.40. The zero-order valence-corrected chi connectivity index (χ0v) is 13.3. The minimum atomic E-state index is -1.84. The minimum absolute atomic E-state index is 0.0235. The highest BCUT2D eigenvalue weighted by Gasteiger charge is 2.53. The molecule has 1 saturated heterocycles. The summed E-state index contributed by atoms with van der Waals surface area (Å²) in [6.45, 7) is -0.571. The van der Waals surface area contributed by atoms with E-state index in [0.29, 0.717) is 0 Å². The second-order valence-corrected chi connectivity index (χ2v) is 7.88. The normalized spacial score (nSPS) is 25.3. The third-order valence-corrected chi connectivity index (χ3v) is 4.46. The molecule has 2 atom stereocenters. The molecule has 0 aromatic rings. The number of hydrogen-bond acceptors (Lipinski definition) is 6. The van der Waals surface area contributed by atoms with Gasteiger partial charge >= 0.3 is 11.9 Å². The van der Waals surface area contributed by atoms with E-state index < -0.39 is 39.7 Å². The van der Waals surface area contributed by atoms with Gasteiger partial charge in [0.15, 0.2) is 0 Å². The van der Waals surface area contributed by atoms with Gasteiger partial charge in [-0.15, -0.1) is 11.8 Å². The number of hydrogen-bond donors (Lipinski definition) is 2. The zero-order chi connectivity index (χ0) is 15.9. The SMILES string of the molecule is NC1C(=O)N2C(C(=O)OCC(Cl)(Cl)Cl)=C(C(=O)O)CS[C@@H]12. The van der Waals surface area contributed by atoms with Gasteiger partial charge < -0.3 is 15.6 Å². The van der Waals surface area contributed by atoms with E-state index in [9.17, 15) is 14.4 Å². The molecular formula is C10H9Cl3N2O5S. The average Bonchev–Trinajstić information content (AvgIpc) is 2.41. The maximum absolute atomic E-state index is 12.0. The van der Waals surface area contributed by atoms with Gasteiger partial charge in [0, 0.05) is 5.75 Å². The second-order valence-electron chi connectivity index (χ2n) is 4.26. The number of aliphatic carboxylic acids is 1. The third-order valence-electron chi connectivity index (χ3n) is 2.83. The molecule has 0 radical (unpaired) electrons. The van der Waals surface area contributed by atoms with Crippen LogP contribution < -0.4 is 5.73 Å². The van der Waals surface area contributed by atoms with Crippen LogP contribution in [0.5, 0.6) is 0 Å². The summed E-state index contributed by atoms with van der Waals surface area (Å²) >= 11 is 17.5. The molecule has 7 nitrogen and oxygen atoms in total. The van der Waals surface area contributed by atoms with Gasteiger partial charge in [-0.3, -0.25) is 9.69 Å². The third kappa shape index (κ3) is 3.24. The fourth-order valence-corrected chi connectivity index (χ4v) is 3.33. The summed E-state index contributed by atoms with van der Waals surface area (Å²) in [5.41, 5.74) is 5.01. The first kappa shape index (κ1) is 16.7. The summed E-state index contributed by atoms with van der Waals surface area (Å²) in [4.78, 5) is 36.0. The number of thioether (sulfide) groups is 1. The van der Waals surface area contributed by atoms with Crippen molar-refractivity contribution in [1.82, 2.24) is 4.90 Å². The van der Waals surface area contributed by atoms with Gasteiger partial charge in [0.1, 0.15) is 23.7 Å². The molecule has 0 aromatic carbocycles. The lowest BCUT2D eigenvalue weighted by Gasteiger charge is -2.47. The van der Waals surface area contributed by atoms with Crippen LogP contribution in [0.3, 0.4) is 0 Å². The number of carbonyl (C=O) groups excluding carboxylic acids is 2. The maximum atomic E-state index is 12.0. The van der Waals surface area contributed by atoms with Gasteiger partial charge in [-0.2, -0.15) is 0 Å². The van der Waals surface area contributed by atoms with E-state index in [4.69, 9.17) is 50.4 Å². The molecule has 11 heteroatoms. The molecule has 2 aliphatic heterocycles. The molecule has 0 spiro atoms. The summed E-state index contributed by atoms with van der Waals surface area (Å²) in [5, 5.41) is 8.65. The minimum Gasteiger partial charge on any atom is -0.478 e. The number of carboxylic acids is 1. The molecule has 3 N–H and O–H groups in total. The fourth-order valence-electron chi connectivity index (χ4n) is 1.88. The maximum Gasteiger partial charge on any atom is 0.355 e. The molecule has 1 unspecified atom stereocenters. The van der Waals surface area contributed by atoms with Crippen LogP contribution in [0.4, 0.5) is 0 Å². The predicted octanol–water partition coefficient (Wildman–Crippen LogP) is 0.481. The fraction of sp³-hybridized carbons (Fsp3) is 0.500. The van der Waals surface area contributed by atoms with E-state index in [2.05, 4.69) is 0 Å². The number of fused-ring (bicyclic) bond motifs is 1. The van der Waals surface area contributed by atoms with Crippen LogP contribution in [0, 0.1) is 0 Å².